The van der Waals surface area contributed by atoms with Crippen LogP contribution in [0.1, 0.15) is 33.6 Å². The summed E-state index contributed by atoms with van der Waals surface area (Å²) in [6.45, 7) is 5.06. The molecule has 2 aliphatic heterocycles. The molecule has 1 fully saturated rings. The molecule has 1 amide bonds. The molecule has 3 heterocycles. The second-order valence-corrected chi connectivity index (χ2v) is 9.07. The van der Waals surface area contributed by atoms with Gasteiger partial charge in [-0.3, -0.25) is 9.59 Å². The maximum Gasteiger partial charge on any atom is 0.358 e. The van der Waals surface area contributed by atoms with Crippen LogP contribution in [0.5, 0.6) is 0 Å². The monoisotopic (exact) mass is 435 g/mol. The minimum atomic E-state index is -0.712. The number of hydrogen-bond acceptors (Lipinski definition) is 9. The number of hydrogen-bond donors (Lipinski definition) is 0. The van der Waals surface area contributed by atoms with Crippen molar-refractivity contribution in [3.8, 4) is 0 Å². The molecule has 1 aromatic heterocycles. The molecule has 2 aliphatic rings. The van der Waals surface area contributed by atoms with E-state index in [1.54, 1.807) is 46.3 Å². The van der Waals surface area contributed by atoms with Crippen LogP contribution >= 0.6 is 11.8 Å². The van der Waals surface area contributed by atoms with Crippen LogP contribution in [0.4, 0.5) is 0 Å². The Kier molecular flexibility index (Phi) is 6.77. The summed E-state index contributed by atoms with van der Waals surface area (Å²) in [6.07, 6.45) is 4.31. The highest BCUT2D eigenvalue weighted by Crippen LogP contribution is 2.48. The lowest BCUT2D eigenvalue weighted by Crippen LogP contribution is -2.58. The number of ether oxygens (including phenoxy) is 3. The molecular weight excluding hydrogens is 410 g/mol. The van der Waals surface area contributed by atoms with Crippen LogP contribution in [-0.4, -0.2) is 59.3 Å². The highest BCUT2D eigenvalue weighted by Gasteiger charge is 2.55. The van der Waals surface area contributed by atoms with Crippen molar-refractivity contribution >= 4 is 29.6 Å². The van der Waals surface area contributed by atoms with Crippen molar-refractivity contribution in [1.82, 2.24) is 14.9 Å². The first-order chi connectivity index (χ1) is 14.2. The van der Waals surface area contributed by atoms with Gasteiger partial charge in [-0.05, 0) is 33.3 Å². The maximum absolute atomic E-state index is 12.8. The molecule has 3 rings (SSSR count). The third-order valence-electron chi connectivity index (χ3n) is 4.83. The fraction of sp³-hybridized carbons (Fsp3) is 0.550. The summed E-state index contributed by atoms with van der Waals surface area (Å²) in [5.74, 6) is -1.54. The molecule has 0 saturated carbocycles. The van der Waals surface area contributed by atoms with Gasteiger partial charge in [0.25, 0.3) is 0 Å². The zero-order valence-corrected chi connectivity index (χ0v) is 18.2. The molecule has 30 heavy (non-hydrogen) atoms. The topological polar surface area (TPSA) is 108 Å². The van der Waals surface area contributed by atoms with E-state index in [1.807, 2.05) is 0 Å². The largest absolute Gasteiger partial charge is 0.427 e. The molecule has 9 nitrogen and oxygen atoms in total. The lowest BCUT2D eigenvalue weighted by Gasteiger charge is -2.43. The summed E-state index contributed by atoms with van der Waals surface area (Å²) in [7, 11) is 1.59. The quantitative estimate of drug-likeness (QED) is 0.263. The van der Waals surface area contributed by atoms with Crippen LogP contribution in [-0.2, 0) is 28.6 Å². The van der Waals surface area contributed by atoms with Crippen molar-refractivity contribution in [2.75, 3.05) is 20.5 Å². The van der Waals surface area contributed by atoms with Crippen molar-refractivity contribution in [1.29, 1.82) is 0 Å². The fourth-order valence-electron chi connectivity index (χ4n) is 3.27. The number of esters is 2. The number of methoxy groups -OCH3 is 1. The van der Waals surface area contributed by atoms with Crippen molar-refractivity contribution in [2.45, 2.75) is 44.8 Å². The van der Waals surface area contributed by atoms with Gasteiger partial charge in [0, 0.05) is 37.4 Å². The number of fused-ring (bicyclic) bond motifs is 1. The standard InChI is InChI=1S/C20H25N3O6S/c1-20(2,3)18(26)29-11-28-17(25)15-14(30-19-21-7-5-8-22-19)10-13-12(6-9-27-4)16(24)23(13)15/h5,7-8,12-13H,6,9-11H2,1-4H3/t12-,13-/m0/s1. The molecule has 1 saturated heterocycles. The predicted molar refractivity (Wildman–Crippen MR) is 107 cm³/mol. The van der Waals surface area contributed by atoms with Crippen molar-refractivity contribution in [2.24, 2.45) is 11.3 Å². The molecule has 2 atom stereocenters. The summed E-state index contributed by atoms with van der Waals surface area (Å²) < 4.78 is 15.3. The van der Waals surface area contributed by atoms with Gasteiger partial charge < -0.3 is 19.1 Å². The molecule has 10 heteroatoms. The molecular formula is C20H25N3O6S. The molecule has 0 aliphatic carbocycles. The van der Waals surface area contributed by atoms with E-state index < -0.39 is 24.1 Å². The van der Waals surface area contributed by atoms with E-state index in [4.69, 9.17) is 14.2 Å². The molecule has 0 aromatic carbocycles. The number of β-lactam (4-membered cyclic amide) rings is 1. The van der Waals surface area contributed by atoms with E-state index in [1.165, 1.54) is 16.7 Å². The third-order valence-corrected chi connectivity index (χ3v) is 5.83. The van der Waals surface area contributed by atoms with Crippen molar-refractivity contribution in [3.05, 3.63) is 29.1 Å². The minimum absolute atomic E-state index is 0.126. The number of amides is 1. The molecule has 0 unspecified atom stereocenters. The summed E-state index contributed by atoms with van der Waals surface area (Å²) >= 11 is 1.23. The smallest absolute Gasteiger partial charge is 0.358 e. The molecule has 0 N–H and O–H groups in total. The first kappa shape index (κ1) is 22.2. The highest BCUT2D eigenvalue weighted by molar-refractivity contribution is 8.03. The first-order valence-corrected chi connectivity index (χ1v) is 10.4. The van der Waals surface area contributed by atoms with E-state index in [0.29, 0.717) is 29.5 Å². The second-order valence-electron chi connectivity index (χ2n) is 8.00. The summed E-state index contributed by atoms with van der Waals surface area (Å²) in [4.78, 5) is 47.8. The number of thioether (sulfide) groups is 1. The average Bonchev–Trinajstić information content (AvgIpc) is 3.03. The van der Waals surface area contributed by atoms with Crippen LogP contribution in [0.15, 0.2) is 34.2 Å². The summed E-state index contributed by atoms with van der Waals surface area (Å²) in [5.41, 5.74) is -0.541. The van der Waals surface area contributed by atoms with Gasteiger partial charge in [0.2, 0.25) is 12.7 Å². The van der Waals surface area contributed by atoms with Gasteiger partial charge in [-0.25, -0.2) is 14.8 Å². The SMILES string of the molecule is COCC[C@@H]1C(=O)N2C(C(=O)OCOC(=O)C(C)(C)C)=C(Sc3ncccn3)C[C@@H]12. The Morgan fingerprint density at radius 2 is 1.93 bits per heavy atom. The number of aromatic nitrogens is 2. The van der Waals surface area contributed by atoms with Gasteiger partial charge in [0.05, 0.1) is 17.4 Å². The van der Waals surface area contributed by atoms with Crippen molar-refractivity contribution in [3.63, 3.8) is 0 Å². The van der Waals surface area contributed by atoms with E-state index in [0.717, 1.165) is 0 Å². The van der Waals surface area contributed by atoms with E-state index in [9.17, 15) is 14.4 Å². The van der Waals surface area contributed by atoms with Gasteiger partial charge in [-0.15, -0.1) is 0 Å². The van der Waals surface area contributed by atoms with Crippen LogP contribution in [0.3, 0.4) is 0 Å². The van der Waals surface area contributed by atoms with Crippen LogP contribution in [0, 0.1) is 11.3 Å². The van der Waals surface area contributed by atoms with Crippen LogP contribution in [0.2, 0.25) is 0 Å². The zero-order valence-electron chi connectivity index (χ0n) is 17.4. The molecule has 0 radical (unpaired) electrons. The van der Waals surface area contributed by atoms with E-state index in [2.05, 4.69) is 9.97 Å². The van der Waals surface area contributed by atoms with E-state index in [-0.39, 0.29) is 23.6 Å². The number of carbonyl (C=O) groups excluding carboxylic acids is 3. The Balaban J connectivity index is 1.74. The van der Waals surface area contributed by atoms with Gasteiger partial charge in [-0.1, -0.05) is 11.8 Å². The minimum Gasteiger partial charge on any atom is -0.427 e. The lowest BCUT2D eigenvalue weighted by atomic mass is 9.85. The number of carbonyl (C=O) groups is 3. The van der Waals surface area contributed by atoms with E-state index >= 15 is 0 Å². The highest BCUT2D eigenvalue weighted by atomic mass is 32.2. The Morgan fingerprint density at radius 1 is 1.23 bits per heavy atom. The van der Waals surface area contributed by atoms with Crippen molar-refractivity contribution < 1.29 is 28.6 Å². The predicted octanol–water partition coefficient (Wildman–Crippen LogP) is 2.14. The Morgan fingerprint density at radius 3 is 2.57 bits per heavy atom. The second kappa shape index (κ2) is 9.13. The number of nitrogens with zero attached hydrogens (tertiary/aromatic N) is 3. The fourth-order valence-corrected chi connectivity index (χ4v) is 4.25. The van der Waals surface area contributed by atoms with Gasteiger partial charge in [-0.2, -0.15) is 0 Å². The zero-order chi connectivity index (χ0) is 21.9. The Bertz CT molecular complexity index is 852. The van der Waals surface area contributed by atoms with Gasteiger partial charge in [0.15, 0.2) is 5.16 Å². The third kappa shape index (κ3) is 4.65. The molecule has 0 spiro atoms. The molecule has 0 bridgehead atoms. The normalized spacial score (nSPS) is 20.7. The molecule has 162 valence electrons. The Hall–Kier alpha value is -2.46. The summed E-state index contributed by atoms with van der Waals surface area (Å²) in [6, 6.07) is 1.57. The number of rotatable bonds is 8. The molecule has 1 aromatic rings. The first-order valence-electron chi connectivity index (χ1n) is 9.58. The Labute approximate surface area is 179 Å². The van der Waals surface area contributed by atoms with Gasteiger partial charge in [0.1, 0.15) is 5.70 Å². The maximum atomic E-state index is 12.8. The van der Waals surface area contributed by atoms with Gasteiger partial charge >= 0.3 is 11.9 Å². The van der Waals surface area contributed by atoms with Crippen LogP contribution < -0.4 is 0 Å². The average molecular weight is 436 g/mol. The lowest BCUT2D eigenvalue weighted by molar-refractivity contribution is -0.174. The summed E-state index contributed by atoms with van der Waals surface area (Å²) in [5, 5.41) is 0.473. The van der Waals surface area contributed by atoms with Crippen LogP contribution in [0.25, 0.3) is 0 Å².